The van der Waals surface area contributed by atoms with E-state index in [1.165, 1.54) is 4.88 Å². The lowest BCUT2D eigenvalue weighted by Gasteiger charge is -2.11. The molecular formula is C14H21N3OS. The van der Waals surface area contributed by atoms with Gasteiger partial charge >= 0.3 is 0 Å². The Morgan fingerprint density at radius 1 is 1.26 bits per heavy atom. The Labute approximate surface area is 118 Å². The summed E-state index contributed by atoms with van der Waals surface area (Å²) in [6.45, 7) is 11.4. The van der Waals surface area contributed by atoms with Gasteiger partial charge in [0.2, 0.25) is 0 Å². The highest BCUT2D eigenvalue weighted by molar-refractivity contribution is 7.15. The second kappa shape index (κ2) is 5.84. The third-order valence-electron chi connectivity index (χ3n) is 3.17. The van der Waals surface area contributed by atoms with Gasteiger partial charge in [-0.1, -0.05) is 12.1 Å². The minimum absolute atomic E-state index is 0.340. The first-order valence-electron chi connectivity index (χ1n) is 6.68. The van der Waals surface area contributed by atoms with Crippen molar-refractivity contribution in [2.45, 2.75) is 47.1 Å². The Bertz CT molecular complexity index is 540. The van der Waals surface area contributed by atoms with Crippen LogP contribution in [0.25, 0.3) is 10.6 Å². The highest BCUT2D eigenvalue weighted by Gasteiger charge is 2.19. The number of aryl methyl sites for hydroxylation is 3. The molecule has 0 aromatic carbocycles. The zero-order valence-corrected chi connectivity index (χ0v) is 13.0. The molecule has 0 amide bonds. The summed E-state index contributed by atoms with van der Waals surface area (Å²) in [6.07, 6.45) is 1.14. The number of hydrogen-bond acceptors (Lipinski definition) is 5. The Hall–Kier alpha value is -1.20. The van der Waals surface area contributed by atoms with Crippen molar-refractivity contribution in [2.24, 2.45) is 0 Å². The minimum Gasteiger partial charge on any atom is -0.361 e. The van der Waals surface area contributed by atoms with Crippen molar-refractivity contribution >= 4 is 11.3 Å². The maximum absolute atomic E-state index is 5.23. The predicted molar refractivity (Wildman–Crippen MR) is 78.5 cm³/mol. The van der Waals surface area contributed by atoms with Gasteiger partial charge in [-0.3, -0.25) is 0 Å². The van der Waals surface area contributed by atoms with Gasteiger partial charge in [0.25, 0.3) is 0 Å². The lowest BCUT2D eigenvalue weighted by Crippen LogP contribution is -2.18. The van der Waals surface area contributed by atoms with Crippen LogP contribution in [0.4, 0.5) is 0 Å². The molecule has 1 N–H and O–H groups in total. The summed E-state index contributed by atoms with van der Waals surface area (Å²) in [7, 11) is 0. The van der Waals surface area contributed by atoms with E-state index in [2.05, 4.69) is 36.2 Å². The fourth-order valence-electron chi connectivity index (χ4n) is 2.16. The van der Waals surface area contributed by atoms with E-state index in [0.29, 0.717) is 6.04 Å². The van der Waals surface area contributed by atoms with Crippen molar-refractivity contribution in [3.63, 3.8) is 0 Å². The van der Waals surface area contributed by atoms with E-state index in [9.17, 15) is 0 Å². The van der Waals surface area contributed by atoms with Gasteiger partial charge in [-0.05, 0) is 40.7 Å². The largest absolute Gasteiger partial charge is 0.361 e. The van der Waals surface area contributed by atoms with Gasteiger partial charge in [0, 0.05) is 10.9 Å². The quantitative estimate of drug-likeness (QED) is 0.905. The van der Waals surface area contributed by atoms with Crippen LogP contribution >= 0.6 is 11.3 Å². The standard InChI is InChI=1S/C14H21N3OS/c1-6-7-15-9(3)13-10(4)16-14(19-13)12-8(2)17-18-11(12)5/h9,15H,6-7H2,1-5H3. The molecular weight excluding hydrogens is 258 g/mol. The van der Waals surface area contributed by atoms with E-state index >= 15 is 0 Å². The molecule has 2 aromatic heterocycles. The SMILES string of the molecule is CCCNC(C)c1sc(-c2c(C)noc2C)nc1C. The Balaban J connectivity index is 2.31. The van der Waals surface area contributed by atoms with E-state index < -0.39 is 0 Å². The van der Waals surface area contributed by atoms with Crippen LogP contribution < -0.4 is 5.32 Å². The number of thiazole rings is 1. The van der Waals surface area contributed by atoms with Crippen LogP contribution in [0, 0.1) is 20.8 Å². The highest BCUT2D eigenvalue weighted by Crippen LogP contribution is 2.34. The molecule has 0 aliphatic carbocycles. The number of rotatable bonds is 5. The first-order valence-corrected chi connectivity index (χ1v) is 7.50. The van der Waals surface area contributed by atoms with Crippen LogP contribution in [0.1, 0.15) is 48.3 Å². The topological polar surface area (TPSA) is 51.0 Å². The zero-order valence-electron chi connectivity index (χ0n) is 12.2. The molecule has 0 saturated heterocycles. The molecule has 104 valence electrons. The van der Waals surface area contributed by atoms with Crippen molar-refractivity contribution in [1.29, 1.82) is 0 Å². The fraction of sp³-hybridized carbons (Fsp3) is 0.571. The van der Waals surface area contributed by atoms with Gasteiger partial charge < -0.3 is 9.84 Å². The molecule has 0 spiro atoms. The molecule has 0 fully saturated rings. The average molecular weight is 279 g/mol. The lowest BCUT2D eigenvalue weighted by atomic mass is 10.2. The molecule has 1 atom stereocenters. The molecule has 0 aliphatic rings. The van der Waals surface area contributed by atoms with Crippen LogP contribution in [0.3, 0.4) is 0 Å². The predicted octanol–water partition coefficient (Wildman–Crippen LogP) is 3.78. The second-order valence-corrected chi connectivity index (χ2v) is 5.87. The summed E-state index contributed by atoms with van der Waals surface area (Å²) in [4.78, 5) is 5.98. The van der Waals surface area contributed by atoms with Crippen molar-refractivity contribution < 1.29 is 4.52 Å². The van der Waals surface area contributed by atoms with Crippen LogP contribution in [0.2, 0.25) is 0 Å². The van der Waals surface area contributed by atoms with E-state index in [0.717, 1.165) is 40.7 Å². The Morgan fingerprint density at radius 2 is 2.00 bits per heavy atom. The first-order chi connectivity index (χ1) is 9.04. The van der Waals surface area contributed by atoms with Crippen LogP contribution in [-0.2, 0) is 0 Å². The van der Waals surface area contributed by atoms with Gasteiger partial charge in [0.05, 0.1) is 17.0 Å². The molecule has 0 saturated carbocycles. The number of nitrogens with one attached hydrogen (secondary N) is 1. The Morgan fingerprint density at radius 3 is 2.58 bits per heavy atom. The van der Waals surface area contributed by atoms with Crippen molar-refractivity contribution in [3.05, 3.63) is 22.0 Å². The summed E-state index contributed by atoms with van der Waals surface area (Å²) >= 11 is 1.73. The molecule has 2 rings (SSSR count). The van der Waals surface area contributed by atoms with Crippen molar-refractivity contribution in [2.75, 3.05) is 6.54 Å². The maximum atomic E-state index is 5.23. The molecule has 2 heterocycles. The van der Waals surface area contributed by atoms with Crippen LogP contribution in [0.15, 0.2) is 4.52 Å². The van der Waals surface area contributed by atoms with E-state index in [1.807, 2.05) is 13.8 Å². The minimum atomic E-state index is 0.340. The number of hydrogen-bond donors (Lipinski definition) is 1. The van der Waals surface area contributed by atoms with E-state index in [-0.39, 0.29) is 0 Å². The molecule has 4 nitrogen and oxygen atoms in total. The molecule has 0 bridgehead atoms. The molecule has 0 radical (unpaired) electrons. The summed E-state index contributed by atoms with van der Waals surface area (Å²) in [6, 6.07) is 0.340. The van der Waals surface area contributed by atoms with Gasteiger partial charge in [-0.2, -0.15) is 0 Å². The molecule has 5 heteroatoms. The zero-order chi connectivity index (χ0) is 14.0. The summed E-state index contributed by atoms with van der Waals surface area (Å²) in [5.41, 5.74) is 3.05. The molecule has 1 unspecified atom stereocenters. The van der Waals surface area contributed by atoms with Gasteiger partial charge in [-0.25, -0.2) is 4.98 Å². The normalized spacial score (nSPS) is 12.9. The molecule has 2 aromatic rings. The summed E-state index contributed by atoms with van der Waals surface area (Å²) in [5.74, 6) is 0.840. The van der Waals surface area contributed by atoms with E-state index in [4.69, 9.17) is 4.52 Å². The maximum Gasteiger partial charge on any atom is 0.144 e. The fourth-order valence-corrected chi connectivity index (χ4v) is 3.40. The van der Waals surface area contributed by atoms with Crippen molar-refractivity contribution in [3.8, 4) is 10.6 Å². The smallest absolute Gasteiger partial charge is 0.144 e. The third kappa shape index (κ3) is 2.87. The van der Waals surface area contributed by atoms with Crippen LogP contribution in [-0.4, -0.2) is 16.7 Å². The second-order valence-electron chi connectivity index (χ2n) is 4.84. The van der Waals surface area contributed by atoms with Gasteiger partial charge in [0.15, 0.2) is 0 Å². The van der Waals surface area contributed by atoms with Crippen molar-refractivity contribution in [1.82, 2.24) is 15.5 Å². The molecule has 19 heavy (non-hydrogen) atoms. The number of aromatic nitrogens is 2. The lowest BCUT2D eigenvalue weighted by molar-refractivity contribution is 0.393. The Kier molecular flexibility index (Phi) is 4.37. The third-order valence-corrected chi connectivity index (χ3v) is 4.53. The monoisotopic (exact) mass is 279 g/mol. The highest BCUT2D eigenvalue weighted by atomic mass is 32.1. The van der Waals surface area contributed by atoms with Gasteiger partial charge in [-0.15, -0.1) is 11.3 Å². The van der Waals surface area contributed by atoms with Crippen LogP contribution in [0.5, 0.6) is 0 Å². The average Bonchev–Trinajstić information content (AvgIpc) is 2.90. The molecule has 0 aliphatic heterocycles. The van der Waals surface area contributed by atoms with Gasteiger partial charge in [0.1, 0.15) is 10.8 Å². The first kappa shape index (κ1) is 14.2. The van der Waals surface area contributed by atoms with E-state index in [1.54, 1.807) is 11.3 Å². The summed E-state index contributed by atoms with van der Waals surface area (Å²) < 4.78 is 5.23. The number of nitrogens with zero attached hydrogens (tertiary/aromatic N) is 2. The summed E-state index contributed by atoms with van der Waals surface area (Å²) in [5, 5.41) is 8.52.